The summed E-state index contributed by atoms with van der Waals surface area (Å²) in [5.41, 5.74) is 0. The molecule has 62 valence electrons. The minimum Gasteiger partial charge on any atom is -0.256 e. The quantitative estimate of drug-likeness (QED) is 0.670. The van der Waals surface area contributed by atoms with Gasteiger partial charge in [0.1, 0.15) is 10.0 Å². The van der Waals surface area contributed by atoms with E-state index in [1.54, 1.807) is 0 Å². The zero-order chi connectivity index (χ0) is 8.65. The van der Waals surface area contributed by atoms with Crippen molar-refractivity contribution in [3.8, 4) is 0 Å². The van der Waals surface area contributed by atoms with Gasteiger partial charge in [-0.3, -0.25) is 4.68 Å². The second-order valence-corrected chi connectivity index (χ2v) is 3.86. The van der Waals surface area contributed by atoms with E-state index in [0.29, 0.717) is 0 Å². The Balaban J connectivity index is 3.38. The van der Waals surface area contributed by atoms with Crippen LogP contribution in [0.3, 0.4) is 0 Å². The SMILES string of the molecule is Cn1ncc(S(N)(=O)=O)c1Cl. The van der Waals surface area contributed by atoms with Gasteiger partial charge < -0.3 is 0 Å². The van der Waals surface area contributed by atoms with Gasteiger partial charge in [-0.25, -0.2) is 13.6 Å². The predicted molar refractivity (Wildman–Crippen MR) is 39.6 cm³/mol. The first-order valence-electron chi connectivity index (χ1n) is 2.63. The zero-order valence-corrected chi connectivity index (χ0v) is 7.22. The highest BCUT2D eigenvalue weighted by Crippen LogP contribution is 2.17. The molecular formula is C4H6ClN3O2S. The maximum atomic E-state index is 10.7. The van der Waals surface area contributed by atoms with E-state index in [9.17, 15) is 8.42 Å². The lowest BCUT2D eigenvalue weighted by molar-refractivity contribution is 0.597. The molecule has 1 heterocycles. The summed E-state index contributed by atoms with van der Waals surface area (Å²) >= 11 is 5.53. The van der Waals surface area contributed by atoms with Crippen molar-refractivity contribution in [3.05, 3.63) is 11.3 Å². The molecule has 0 saturated carbocycles. The molecule has 0 aliphatic rings. The van der Waals surface area contributed by atoms with Crippen LogP contribution >= 0.6 is 11.6 Å². The Hall–Kier alpha value is -0.590. The molecule has 0 saturated heterocycles. The van der Waals surface area contributed by atoms with Crippen molar-refractivity contribution in [2.45, 2.75) is 4.90 Å². The van der Waals surface area contributed by atoms with Crippen LogP contribution in [-0.2, 0) is 17.1 Å². The van der Waals surface area contributed by atoms with Crippen molar-refractivity contribution >= 4 is 21.6 Å². The lowest BCUT2D eigenvalue weighted by Crippen LogP contribution is -2.11. The number of hydrogen-bond donors (Lipinski definition) is 1. The second kappa shape index (κ2) is 2.47. The van der Waals surface area contributed by atoms with Crippen LogP contribution in [-0.4, -0.2) is 18.2 Å². The van der Waals surface area contributed by atoms with Gasteiger partial charge in [-0.1, -0.05) is 11.6 Å². The van der Waals surface area contributed by atoms with E-state index in [2.05, 4.69) is 5.10 Å². The molecule has 0 spiro atoms. The molecule has 0 aromatic carbocycles. The molecule has 1 aromatic rings. The van der Waals surface area contributed by atoms with Gasteiger partial charge in [-0.2, -0.15) is 5.10 Å². The summed E-state index contributed by atoms with van der Waals surface area (Å²) in [6.45, 7) is 0. The highest BCUT2D eigenvalue weighted by molar-refractivity contribution is 7.89. The molecule has 0 fully saturated rings. The van der Waals surface area contributed by atoms with Gasteiger partial charge in [-0.15, -0.1) is 0 Å². The average molecular weight is 196 g/mol. The fourth-order valence-electron chi connectivity index (χ4n) is 0.593. The van der Waals surface area contributed by atoms with Gasteiger partial charge >= 0.3 is 0 Å². The average Bonchev–Trinajstić information content (AvgIpc) is 2.11. The molecule has 2 N–H and O–H groups in total. The number of rotatable bonds is 1. The van der Waals surface area contributed by atoms with Crippen molar-refractivity contribution in [1.29, 1.82) is 0 Å². The smallest absolute Gasteiger partial charge is 0.242 e. The fourth-order valence-corrected chi connectivity index (χ4v) is 1.57. The van der Waals surface area contributed by atoms with E-state index in [-0.39, 0.29) is 10.0 Å². The monoisotopic (exact) mass is 195 g/mol. The number of sulfonamides is 1. The van der Waals surface area contributed by atoms with Gasteiger partial charge in [0.2, 0.25) is 10.0 Å². The largest absolute Gasteiger partial charge is 0.256 e. The van der Waals surface area contributed by atoms with Gasteiger partial charge in [0.25, 0.3) is 0 Å². The summed E-state index contributed by atoms with van der Waals surface area (Å²) in [6.07, 6.45) is 1.11. The predicted octanol–water partition coefficient (Wildman–Crippen LogP) is -0.279. The first kappa shape index (κ1) is 8.51. The summed E-state index contributed by atoms with van der Waals surface area (Å²) in [4.78, 5) is -0.151. The van der Waals surface area contributed by atoms with Crippen LogP contribution in [0.2, 0.25) is 5.15 Å². The van der Waals surface area contributed by atoms with Gasteiger partial charge in [-0.05, 0) is 0 Å². The molecule has 0 aliphatic heterocycles. The van der Waals surface area contributed by atoms with Crippen molar-refractivity contribution in [3.63, 3.8) is 0 Å². The molecule has 0 aliphatic carbocycles. The van der Waals surface area contributed by atoms with Gasteiger partial charge in [0, 0.05) is 7.05 Å². The molecule has 1 rings (SSSR count). The summed E-state index contributed by atoms with van der Waals surface area (Å²) in [7, 11) is -2.20. The summed E-state index contributed by atoms with van der Waals surface area (Å²) < 4.78 is 22.6. The van der Waals surface area contributed by atoms with Crippen molar-refractivity contribution in [2.75, 3.05) is 0 Å². The van der Waals surface area contributed by atoms with Crippen LogP contribution in [0, 0.1) is 0 Å². The first-order valence-corrected chi connectivity index (χ1v) is 4.55. The van der Waals surface area contributed by atoms with E-state index < -0.39 is 10.0 Å². The van der Waals surface area contributed by atoms with Crippen molar-refractivity contribution in [1.82, 2.24) is 9.78 Å². The van der Waals surface area contributed by atoms with Crippen LogP contribution in [0.1, 0.15) is 0 Å². The minimum atomic E-state index is -3.73. The Bertz CT molecular complexity index is 369. The summed E-state index contributed by atoms with van der Waals surface area (Å²) in [5, 5.41) is 8.43. The fraction of sp³-hybridized carbons (Fsp3) is 0.250. The molecule has 5 nitrogen and oxygen atoms in total. The maximum Gasteiger partial charge on any atom is 0.242 e. The Morgan fingerprint density at radius 1 is 1.73 bits per heavy atom. The number of nitrogens with zero attached hydrogens (tertiary/aromatic N) is 2. The molecule has 0 unspecified atom stereocenters. The Labute approximate surface area is 68.8 Å². The molecule has 0 atom stereocenters. The van der Waals surface area contributed by atoms with Gasteiger partial charge in [0.15, 0.2) is 0 Å². The Morgan fingerprint density at radius 3 is 2.45 bits per heavy atom. The minimum absolute atomic E-state index is 0.0208. The number of halogens is 1. The standard InChI is InChI=1S/C4H6ClN3O2S/c1-8-4(5)3(2-7-8)11(6,9)10/h2H,1H3,(H2,6,9,10). The van der Waals surface area contributed by atoms with E-state index in [1.165, 1.54) is 11.7 Å². The number of nitrogens with two attached hydrogens (primary N) is 1. The van der Waals surface area contributed by atoms with E-state index >= 15 is 0 Å². The molecule has 1 aromatic heterocycles. The van der Waals surface area contributed by atoms with Crippen molar-refractivity contribution in [2.24, 2.45) is 12.2 Å². The topological polar surface area (TPSA) is 78.0 Å². The highest BCUT2D eigenvalue weighted by atomic mass is 35.5. The second-order valence-electron chi connectivity index (χ2n) is 1.97. The van der Waals surface area contributed by atoms with Crippen LogP contribution in [0.5, 0.6) is 0 Å². The first-order chi connectivity index (χ1) is 4.93. The number of aryl methyl sites for hydroxylation is 1. The Kier molecular flexibility index (Phi) is 1.91. The zero-order valence-electron chi connectivity index (χ0n) is 5.65. The third kappa shape index (κ3) is 1.52. The molecule has 0 radical (unpaired) electrons. The van der Waals surface area contributed by atoms with E-state index in [1.807, 2.05) is 0 Å². The van der Waals surface area contributed by atoms with Crippen LogP contribution < -0.4 is 5.14 Å². The molecule has 7 heteroatoms. The van der Waals surface area contributed by atoms with Crippen LogP contribution in [0.4, 0.5) is 0 Å². The maximum absolute atomic E-state index is 10.7. The summed E-state index contributed by atoms with van der Waals surface area (Å²) in [6, 6.07) is 0. The van der Waals surface area contributed by atoms with E-state index in [0.717, 1.165) is 6.20 Å². The Morgan fingerprint density at radius 2 is 2.27 bits per heavy atom. The molecule has 0 bridgehead atoms. The van der Waals surface area contributed by atoms with Gasteiger partial charge in [0.05, 0.1) is 6.20 Å². The lowest BCUT2D eigenvalue weighted by atomic mass is 10.7. The third-order valence-electron chi connectivity index (χ3n) is 1.14. The molecular weight excluding hydrogens is 190 g/mol. The van der Waals surface area contributed by atoms with Crippen LogP contribution in [0.25, 0.3) is 0 Å². The highest BCUT2D eigenvalue weighted by Gasteiger charge is 2.16. The van der Waals surface area contributed by atoms with Crippen LogP contribution in [0.15, 0.2) is 11.1 Å². The number of hydrogen-bond acceptors (Lipinski definition) is 3. The number of primary sulfonamides is 1. The summed E-state index contributed by atoms with van der Waals surface area (Å²) in [5.74, 6) is 0. The van der Waals surface area contributed by atoms with Crippen molar-refractivity contribution < 1.29 is 8.42 Å². The molecule has 0 amide bonds. The van der Waals surface area contributed by atoms with E-state index in [4.69, 9.17) is 16.7 Å². The lowest BCUT2D eigenvalue weighted by Gasteiger charge is -1.93. The molecule has 11 heavy (non-hydrogen) atoms. The third-order valence-corrected chi connectivity index (χ3v) is 2.61. The normalized spacial score (nSPS) is 11.9. The number of aromatic nitrogens is 2.